The molecule has 0 bridgehead atoms. The van der Waals surface area contributed by atoms with E-state index >= 15 is 0 Å². The highest BCUT2D eigenvalue weighted by Crippen LogP contribution is 2.34. The van der Waals surface area contributed by atoms with E-state index in [1.165, 1.54) is 18.3 Å². The Bertz CT molecular complexity index is 1470. The van der Waals surface area contributed by atoms with Crippen LogP contribution >= 0.6 is 0 Å². The van der Waals surface area contributed by atoms with Crippen molar-refractivity contribution in [2.24, 2.45) is 5.10 Å². The molecule has 0 atom stereocenters. The number of benzene rings is 4. The molecule has 0 saturated heterocycles. The second-order valence-corrected chi connectivity index (χ2v) is 7.98. The van der Waals surface area contributed by atoms with Gasteiger partial charge >= 0.3 is 5.69 Å². The summed E-state index contributed by atoms with van der Waals surface area (Å²) in [6, 6.07) is 26.2. The van der Waals surface area contributed by atoms with Gasteiger partial charge in [0.1, 0.15) is 5.75 Å². The van der Waals surface area contributed by atoms with Crippen LogP contribution in [0.1, 0.15) is 16.7 Å². The van der Waals surface area contributed by atoms with E-state index in [2.05, 4.69) is 10.5 Å². The van der Waals surface area contributed by atoms with Crippen molar-refractivity contribution in [3.8, 4) is 11.5 Å². The summed E-state index contributed by atoms with van der Waals surface area (Å²) >= 11 is 0. The van der Waals surface area contributed by atoms with Crippen molar-refractivity contribution in [1.29, 1.82) is 0 Å². The van der Waals surface area contributed by atoms with E-state index in [-0.39, 0.29) is 11.5 Å². The number of non-ortho nitro benzene ring substituents is 1. The van der Waals surface area contributed by atoms with Crippen molar-refractivity contribution in [3.05, 3.63) is 140 Å². The fraction of sp³-hybridized carbons (Fsp3) is 0.0370. The lowest BCUT2D eigenvalue weighted by Crippen LogP contribution is -2.43. The number of carbonyl (C=O) groups excluding carboxylic acids is 1. The second-order valence-electron chi connectivity index (χ2n) is 7.98. The maximum atomic E-state index is 13.1. The predicted octanol–water partition coefficient (Wildman–Crippen LogP) is 4.68. The molecule has 0 radical (unpaired) electrons. The van der Waals surface area contributed by atoms with Crippen molar-refractivity contribution in [1.82, 2.24) is 5.43 Å². The number of nitrogens with zero attached hydrogens (tertiary/aromatic N) is 3. The summed E-state index contributed by atoms with van der Waals surface area (Å²) in [6.45, 7) is 0. The normalized spacial score (nSPS) is 11.2. The van der Waals surface area contributed by atoms with Crippen LogP contribution < -0.4 is 10.2 Å². The number of rotatable bonds is 9. The van der Waals surface area contributed by atoms with Gasteiger partial charge in [-0.1, -0.05) is 72.8 Å². The van der Waals surface area contributed by atoms with Gasteiger partial charge in [-0.3, -0.25) is 25.0 Å². The molecule has 0 aliphatic heterocycles. The van der Waals surface area contributed by atoms with Gasteiger partial charge < -0.3 is 9.84 Å². The highest BCUT2D eigenvalue weighted by atomic mass is 16.6. The first-order valence-corrected chi connectivity index (χ1v) is 11.2. The van der Waals surface area contributed by atoms with Gasteiger partial charge in [0, 0.05) is 6.07 Å². The highest BCUT2D eigenvalue weighted by Gasteiger charge is 2.39. The second kappa shape index (κ2) is 11.1. The summed E-state index contributed by atoms with van der Waals surface area (Å²) < 4.78 is 5.59. The van der Waals surface area contributed by atoms with Gasteiger partial charge in [-0.05, 0) is 34.9 Å². The minimum atomic E-state index is -2.00. The van der Waals surface area contributed by atoms with Crippen LogP contribution in [0.5, 0.6) is 11.5 Å². The van der Waals surface area contributed by atoms with E-state index in [0.717, 1.165) is 18.2 Å². The maximum absolute atomic E-state index is 13.1. The number of nitrogens with one attached hydrogen (secondary N) is 1. The molecule has 0 fully saturated rings. The Morgan fingerprint density at radius 3 is 2.05 bits per heavy atom. The molecule has 190 valence electrons. The van der Waals surface area contributed by atoms with Crippen LogP contribution in [0.15, 0.2) is 108 Å². The lowest BCUT2D eigenvalue weighted by atomic mass is 9.85. The zero-order valence-corrected chi connectivity index (χ0v) is 19.6. The van der Waals surface area contributed by atoms with Crippen molar-refractivity contribution in [3.63, 3.8) is 0 Å². The van der Waals surface area contributed by atoms with Crippen LogP contribution in [-0.4, -0.2) is 27.1 Å². The number of hydrogen-bond acceptors (Lipinski definition) is 8. The first-order chi connectivity index (χ1) is 18.3. The Kier molecular flexibility index (Phi) is 7.50. The number of nitro benzene ring substituents is 2. The summed E-state index contributed by atoms with van der Waals surface area (Å²) in [6.07, 6.45) is 1.31. The van der Waals surface area contributed by atoms with Gasteiger partial charge in [-0.2, -0.15) is 5.10 Å². The van der Waals surface area contributed by atoms with E-state index in [1.807, 2.05) is 0 Å². The summed E-state index contributed by atoms with van der Waals surface area (Å²) in [7, 11) is 0. The predicted molar refractivity (Wildman–Crippen MR) is 138 cm³/mol. The number of nitro groups is 2. The molecule has 11 heteroatoms. The van der Waals surface area contributed by atoms with E-state index in [1.54, 1.807) is 72.8 Å². The van der Waals surface area contributed by atoms with Crippen molar-refractivity contribution in [2.45, 2.75) is 5.60 Å². The Morgan fingerprint density at radius 1 is 0.842 bits per heavy atom. The van der Waals surface area contributed by atoms with Crippen LogP contribution in [0.4, 0.5) is 11.4 Å². The summed E-state index contributed by atoms with van der Waals surface area (Å²) in [5, 5.41) is 37.7. The third-order valence-corrected chi connectivity index (χ3v) is 5.53. The zero-order valence-electron chi connectivity index (χ0n) is 19.6. The molecular formula is C27H20N4O7. The number of amides is 1. The zero-order chi connectivity index (χ0) is 27.1. The lowest BCUT2D eigenvalue weighted by molar-refractivity contribution is -0.394. The van der Waals surface area contributed by atoms with Crippen LogP contribution in [0.2, 0.25) is 0 Å². The molecule has 0 saturated carbocycles. The molecule has 11 nitrogen and oxygen atoms in total. The summed E-state index contributed by atoms with van der Waals surface area (Å²) in [5.74, 6) is -0.763. The van der Waals surface area contributed by atoms with Gasteiger partial charge in [0.05, 0.1) is 22.1 Å². The number of hydrazone groups is 1. The molecule has 4 aromatic rings. The molecule has 0 unspecified atom stereocenters. The van der Waals surface area contributed by atoms with Gasteiger partial charge in [0.25, 0.3) is 11.6 Å². The maximum Gasteiger partial charge on any atom is 0.318 e. The quantitative estimate of drug-likeness (QED) is 0.187. The fourth-order valence-corrected chi connectivity index (χ4v) is 3.67. The minimum absolute atomic E-state index is 0.182. The minimum Gasteiger partial charge on any atom is -0.450 e. The van der Waals surface area contributed by atoms with E-state index in [0.29, 0.717) is 16.7 Å². The monoisotopic (exact) mass is 512 g/mol. The SMILES string of the molecule is O=C(N/N=C/c1cccc(Oc2ccc([N+](=O)[O-])cc2[N+](=O)[O-])c1)C(O)(c1ccccc1)c1ccccc1. The smallest absolute Gasteiger partial charge is 0.318 e. The van der Waals surface area contributed by atoms with Crippen LogP contribution in [-0.2, 0) is 10.4 Å². The van der Waals surface area contributed by atoms with Gasteiger partial charge in [0.15, 0.2) is 5.60 Å². The van der Waals surface area contributed by atoms with Crippen molar-refractivity contribution < 1.29 is 24.5 Å². The standard InChI is InChI=1S/C27H20N4O7/c32-26(27(33,20-9-3-1-4-10-20)21-11-5-2-6-12-21)29-28-18-19-8-7-13-23(16-19)38-25-15-14-22(30(34)35)17-24(25)31(36)37/h1-18,33H,(H,29,32)/b28-18+. The Labute approximate surface area is 215 Å². The first kappa shape index (κ1) is 25.7. The molecule has 0 aliphatic carbocycles. The third-order valence-electron chi connectivity index (χ3n) is 5.53. The van der Waals surface area contributed by atoms with Crippen molar-refractivity contribution >= 4 is 23.5 Å². The number of aliphatic hydroxyl groups is 1. The largest absolute Gasteiger partial charge is 0.450 e. The molecular weight excluding hydrogens is 492 g/mol. The fourth-order valence-electron chi connectivity index (χ4n) is 3.67. The third kappa shape index (κ3) is 5.53. The molecule has 0 aliphatic rings. The average Bonchev–Trinajstić information content (AvgIpc) is 2.93. The van der Waals surface area contributed by atoms with Gasteiger partial charge in [-0.25, -0.2) is 5.43 Å². The number of carbonyl (C=O) groups is 1. The molecule has 1 amide bonds. The van der Waals surface area contributed by atoms with E-state index < -0.39 is 32.7 Å². The van der Waals surface area contributed by atoms with Crippen molar-refractivity contribution in [2.75, 3.05) is 0 Å². The molecule has 4 rings (SSSR count). The van der Waals surface area contributed by atoms with Crippen LogP contribution in [0.3, 0.4) is 0 Å². The van der Waals surface area contributed by atoms with Gasteiger partial charge in [0.2, 0.25) is 5.75 Å². The average molecular weight is 512 g/mol. The molecule has 0 heterocycles. The summed E-state index contributed by atoms with van der Waals surface area (Å²) in [5.41, 5.74) is 0.552. The van der Waals surface area contributed by atoms with Crippen LogP contribution in [0, 0.1) is 20.2 Å². The van der Waals surface area contributed by atoms with Gasteiger partial charge in [-0.15, -0.1) is 0 Å². The molecule has 4 aromatic carbocycles. The topological polar surface area (TPSA) is 157 Å². The number of ether oxygens (including phenoxy) is 1. The highest BCUT2D eigenvalue weighted by molar-refractivity contribution is 5.91. The molecule has 2 N–H and O–H groups in total. The van der Waals surface area contributed by atoms with E-state index in [9.17, 15) is 30.1 Å². The molecule has 0 aromatic heterocycles. The number of hydrogen-bond donors (Lipinski definition) is 2. The Balaban J connectivity index is 1.53. The lowest BCUT2D eigenvalue weighted by Gasteiger charge is -2.27. The molecule has 0 spiro atoms. The Morgan fingerprint density at radius 2 is 1.47 bits per heavy atom. The van der Waals surface area contributed by atoms with E-state index in [4.69, 9.17) is 4.74 Å². The molecule has 38 heavy (non-hydrogen) atoms. The van der Waals surface area contributed by atoms with Crippen LogP contribution in [0.25, 0.3) is 0 Å². The summed E-state index contributed by atoms with van der Waals surface area (Å²) in [4.78, 5) is 33.9. The Hall–Kier alpha value is -5.42. The first-order valence-electron chi connectivity index (χ1n) is 11.2.